The molecule has 2 aromatic rings. The van der Waals surface area contributed by atoms with Gasteiger partial charge in [-0.05, 0) is 79.2 Å². The van der Waals surface area contributed by atoms with Crippen molar-refractivity contribution < 1.29 is 17.9 Å². The van der Waals surface area contributed by atoms with Gasteiger partial charge in [0.25, 0.3) is 0 Å². The number of rotatable bonds is 7. The molecule has 3 rings (SSSR count). The molecule has 0 atom stereocenters. The summed E-state index contributed by atoms with van der Waals surface area (Å²) in [5.74, 6) is -1.83. The Labute approximate surface area is 165 Å². The van der Waals surface area contributed by atoms with Gasteiger partial charge in [0.2, 0.25) is 5.82 Å². The minimum atomic E-state index is -0.924. The molecule has 0 aliphatic heterocycles. The first kappa shape index (κ1) is 20.8. The lowest BCUT2D eigenvalue weighted by Gasteiger charge is -2.29. The van der Waals surface area contributed by atoms with Gasteiger partial charge in [-0.1, -0.05) is 38.0 Å². The third-order valence-corrected chi connectivity index (χ3v) is 6.04. The Morgan fingerprint density at radius 3 is 2.11 bits per heavy atom. The van der Waals surface area contributed by atoms with Gasteiger partial charge in [0.1, 0.15) is 5.82 Å². The van der Waals surface area contributed by atoms with Crippen LogP contribution in [0, 0.1) is 17.5 Å². The predicted octanol–water partition coefficient (Wildman–Crippen LogP) is 7.29. The number of hydrogen-bond donors (Lipinski definition) is 0. The van der Waals surface area contributed by atoms with E-state index in [0.29, 0.717) is 5.56 Å². The fraction of sp³-hybridized carbons (Fsp3) is 0.500. The lowest BCUT2D eigenvalue weighted by Crippen LogP contribution is -2.15. The van der Waals surface area contributed by atoms with E-state index >= 15 is 0 Å². The predicted molar refractivity (Wildman–Crippen MR) is 106 cm³/mol. The standard InChI is InChI=1S/C24H29F3O/c1-3-4-5-6-16-7-12-19(21(25)15-16)17-8-10-18(11-9-17)20-13-14-22(28-2)24(27)23(20)26/h7,12-15,17-18H,3-6,8-11H2,1-2H3. The van der Waals surface area contributed by atoms with Crippen LogP contribution in [0.4, 0.5) is 13.2 Å². The van der Waals surface area contributed by atoms with Gasteiger partial charge in [0.15, 0.2) is 11.6 Å². The maximum absolute atomic E-state index is 14.6. The zero-order valence-corrected chi connectivity index (χ0v) is 16.7. The monoisotopic (exact) mass is 390 g/mol. The van der Waals surface area contributed by atoms with Crippen molar-refractivity contribution in [3.63, 3.8) is 0 Å². The lowest BCUT2D eigenvalue weighted by molar-refractivity contribution is 0.354. The number of unbranched alkanes of at least 4 members (excludes halogenated alkanes) is 2. The number of methoxy groups -OCH3 is 1. The first-order valence-corrected chi connectivity index (χ1v) is 10.3. The van der Waals surface area contributed by atoms with Crippen molar-refractivity contribution in [2.24, 2.45) is 0 Å². The summed E-state index contributed by atoms with van der Waals surface area (Å²) in [5.41, 5.74) is 2.22. The Hall–Kier alpha value is -1.97. The summed E-state index contributed by atoms with van der Waals surface area (Å²) in [5, 5.41) is 0. The van der Waals surface area contributed by atoms with Gasteiger partial charge in [-0.15, -0.1) is 0 Å². The molecule has 0 heterocycles. The number of hydrogen-bond acceptors (Lipinski definition) is 1. The summed E-state index contributed by atoms with van der Waals surface area (Å²) >= 11 is 0. The van der Waals surface area contributed by atoms with Gasteiger partial charge >= 0.3 is 0 Å². The quantitative estimate of drug-likeness (QED) is 0.451. The van der Waals surface area contributed by atoms with Crippen LogP contribution < -0.4 is 4.74 Å². The molecule has 0 unspecified atom stereocenters. The van der Waals surface area contributed by atoms with Crippen LogP contribution in [0.3, 0.4) is 0 Å². The van der Waals surface area contributed by atoms with E-state index in [-0.39, 0.29) is 23.4 Å². The second-order valence-corrected chi connectivity index (χ2v) is 7.85. The summed E-state index contributed by atoms with van der Waals surface area (Å²) in [6.45, 7) is 2.16. The van der Waals surface area contributed by atoms with Gasteiger partial charge in [0, 0.05) is 0 Å². The van der Waals surface area contributed by atoms with Crippen LogP contribution in [0.5, 0.6) is 5.75 Å². The molecule has 0 radical (unpaired) electrons. The van der Waals surface area contributed by atoms with Crippen molar-refractivity contribution in [2.45, 2.75) is 70.1 Å². The molecule has 0 bridgehead atoms. The summed E-state index contributed by atoms with van der Waals surface area (Å²) in [7, 11) is 1.33. The Kier molecular flexibility index (Phi) is 7.03. The minimum Gasteiger partial charge on any atom is -0.494 e. The van der Waals surface area contributed by atoms with E-state index in [1.165, 1.54) is 13.2 Å². The van der Waals surface area contributed by atoms with Crippen LogP contribution in [-0.2, 0) is 6.42 Å². The van der Waals surface area contributed by atoms with Gasteiger partial charge in [0.05, 0.1) is 7.11 Å². The third kappa shape index (κ3) is 4.53. The number of aryl methyl sites for hydroxylation is 1. The van der Waals surface area contributed by atoms with Crippen LogP contribution in [0.25, 0.3) is 0 Å². The van der Waals surface area contributed by atoms with Gasteiger partial charge in [-0.2, -0.15) is 4.39 Å². The maximum atomic E-state index is 14.6. The second-order valence-electron chi connectivity index (χ2n) is 7.85. The Morgan fingerprint density at radius 2 is 1.50 bits per heavy atom. The molecule has 0 N–H and O–H groups in total. The fourth-order valence-corrected chi connectivity index (χ4v) is 4.37. The van der Waals surface area contributed by atoms with Gasteiger partial charge < -0.3 is 4.74 Å². The topological polar surface area (TPSA) is 9.23 Å². The van der Waals surface area contributed by atoms with E-state index in [4.69, 9.17) is 4.74 Å². The number of halogens is 3. The molecule has 2 aromatic carbocycles. The smallest absolute Gasteiger partial charge is 0.200 e. The zero-order chi connectivity index (χ0) is 20.1. The Morgan fingerprint density at radius 1 is 0.857 bits per heavy atom. The first-order chi connectivity index (χ1) is 13.5. The minimum absolute atomic E-state index is 0.0342. The molecule has 1 aliphatic carbocycles. The summed E-state index contributed by atoms with van der Waals surface area (Å²) in [4.78, 5) is 0. The maximum Gasteiger partial charge on any atom is 0.200 e. The second kappa shape index (κ2) is 9.49. The highest BCUT2D eigenvalue weighted by atomic mass is 19.2. The van der Waals surface area contributed by atoms with Crippen molar-refractivity contribution in [1.82, 2.24) is 0 Å². The molecular weight excluding hydrogens is 361 g/mol. The van der Waals surface area contributed by atoms with Gasteiger partial charge in [-0.25, -0.2) is 8.78 Å². The van der Waals surface area contributed by atoms with Gasteiger partial charge in [-0.3, -0.25) is 0 Å². The zero-order valence-electron chi connectivity index (χ0n) is 16.7. The van der Waals surface area contributed by atoms with E-state index in [1.54, 1.807) is 12.1 Å². The molecule has 0 saturated heterocycles. The highest BCUT2D eigenvalue weighted by molar-refractivity contribution is 5.34. The van der Waals surface area contributed by atoms with Crippen LogP contribution in [0.1, 0.15) is 80.4 Å². The number of benzene rings is 2. The molecule has 0 aromatic heterocycles. The highest BCUT2D eigenvalue weighted by Gasteiger charge is 2.28. The van der Waals surface area contributed by atoms with Crippen molar-refractivity contribution in [2.75, 3.05) is 7.11 Å². The largest absolute Gasteiger partial charge is 0.494 e. The highest BCUT2D eigenvalue weighted by Crippen LogP contribution is 2.42. The van der Waals surface area contributed by atoms with Crippen molar-refractivity contribution >= 4 is 0 Å². The number of ether oxygens (including phenoxy) is 1. The summed E-state index contributed by atoms with van der Waals surface area (Å²) < 4.78 is 47.9. The van der Waals surface area contributed by atoms with E-state index < -0.39 is 11.6 Å². The average molecular weight is 390 g/mol. The molecule has 4 heteroatoms. The molecule has 0 amide bonds. The van der Waals surface area contributed by atoms with Crippen molar-refractivity contribution in [3.8, 4) is 5.75 Å². The fourth-order valence-electron chi connectivity index (χ4n) is 4.37. The third-order valence-electron chi connectivity index (χ3n) is 6.04. The Balaban J connectivity index is 1.65. The average Bonchev–Trinajstić information content (AvgIpc) is 2.71. The molecular formula is C24H29F3O. The molecule has 1 aliphatic rings. The lowest BCUT2D eigenvalue weighted by atomic mass is 9.75. The van der Waals surface area contributed by atoms with E-state index in [0.717, 1.165) is 62.5 Å². The SMILES string of the molecule is CCCCCc1ccc(C2CCC(c3ccc(OC)c(F)c3F)CC2)c(F)c1. The summed E-state index contributed by atoms with van der Waals surface area (Å²) in [6, 6.07) is 8.74. The molecule has 1 fully saturated rings. The normalized spacial score (nSPS) is 19.6. The first-order valence-electron chi connectivity index (χ1n) is 10.3. The van der Waals surface area contributed by atoms with E-state index in [2.05, 4.69) is 6.92 Å². The van der Waals surface area contributed by atoms with Crippen molar-refractivity contribution in [1.29, 1.82) is 0 Å². The van der Waals surface area contributed by atoms with E-state index in [9.17, 15) is 13.2 Å². The molecule has 1 saturated carbocycles. The van der Waals surface area contributed by atoms with Crippen molar-refractivity contribution in [3.05, 3.63) is 64.5 Å². The van der Waals surface area contributed by atoms with Crippen LogP contribution in [0.15, 0.2) is 30.3 Å². The molecule has 1 nitrogen and oxygen atoms in total. The van der Waals surface area contributed by atoms with Crippen LogP contribution in [0.2, 0.25) is 0 Å². The molecule has 0 spiro atoms. The summed E-state index contributed by atoms with van der Waals surface area (Å²) in [6.07, 6.45) is 7.34. The van der Waals surface area contributed by atoms with Crippen LogP contribution >= 0.6 is 0 Å². The Bertz CT molecular complexity index is 795. The molecule has 152 valence electrons. The van der Waals surface area contributed by atoms with E-state index in [1.807, 2.05) is 12.1 Å². The molecule has 28 heavy (non-hydrogen) atoms. The van der Waals surface area contributed by atoms with Crippen LogP contribution in [-0.4, -0.2) is 7.11 Å².